The van der Waals surface area contributed by atoms with Crippen LogP contribution in [0.15, 0.2) is 0 Å². The van der Waals surface area contributed by atoms with E-state index in [0.29, 0.717) is 35.5 Å². The molecule has 10 atom stereocenters. The van der Waals surface area contributed by atoms with Gasteiger partial charge in [-0.15, -0.1) is 0 Å². The molecule has 4 fully saturated rings. The summed E-state index contributed by atoms with van der Waals surface area (Å²) in [7, 11) is 0. The Bertz CT molecular complexity index is 605. The highest BCUT2D eigenvalue weighted by molar-refractivity contribution is 5.66. The van der Waals surface area contributed by atoms with Crippen LogP contribution in [0.5, 0.6) is 0 Å². The molecule has 4 heteroatoms. The fourth-order valence-corrected chi connectivity index (χ4v) is 8.71. The number of rotatable bonds is 4. The number of fused-ring (bicyclic) bond motifs is 5. The number of hydrogen-bond donors (Lipinski definition) is 3. The van der Waals surface area contributed by atoms with Crippen LogP contribution in [-0.4, -0.2) is 33.5 Å². The van der Waals surface area contributed by atoms with Crippen molar-refractivity contribution in [3.8, 4) is 0 Å². The summed E-state index contributed by atoms with van der Waals surface area (Å²) in [5.74, 6) is 2.55. The van der Waals surface area contributed by atoms with E-state index in [1.165, 1.54) is 19.3 Å². The van der Waals surface area contributed by atoms with E-state index in [2.05, 4.69) is 20.8 Å². The Morgan fingerprint density at radius 1 is 1.04 bits per heavy atom. The normalized spacial score (nSPS) is 51.7. The predicted octanol–water partition coefficient (Wildman–Crippen LogP) is 4.48. The Morgan fingerprint density at radius 2 is 1.79 bits per heavy atom. The van der Waals surface area contributed by atoms with Gasteiger partial charge in [0.2, 0.25) is 0 Å². The average molecular weight is 393 g/mol. The molecule has 4 nitrogen and oxygen atoms in total. The van der Waals surface area contributed by atoms with Crippen molar-refractivity contribution < 1.29 is 20.1 Å². The van der Waals surface area contributed by atoms with Gasteiger partial charge in [-0.25, -0.2) is 0 Å². The third-order valence-electron chi connectivity index (χ3n) is 10.3. The van der Waals surface area contributed by atoms with Gasteiger partial charge in [-0.2, -0.15) is 0 Å². The first-order chi connectivity index (χ1) is 13.2. The van der Waals surface area contributed by atoms with E-state index in [1.54, 1.807) is 0 Å². The largest absolute Gasteiger partial charge is 0.481 e. The first-order valence-electron chi connectivity index (χ1n) is 11.8. The van der Waals surface area contributed by atoms with Crippen LogP contribution in [0, 0.1) is 46.3 Å². The molecular weight excluding hydrogens is 352 g/mol. The molecule has 0 radical (unpaired) electrons. The summed E-state index contributed by atoms with van der Waals surface area (Å²) in [6, 6.07) is 0. The van der Waals surface area contributed by atoms with Gasteiger partial charge in [0, 0.05) is 6.42 Å². The fourth-order valence-electron chi connectivity index (χ4n) is 8.71. The molecule has 0 aliphatic heterocycles. The van der Waals surface area contributed by atoms with Gasteiger partial charge in [-0.1, -0.05) is 20.8 Å². The summed E-state index contributed by atoms with van der Waals surface area (Å²) in [5, 5.41) is 30.8. The Labute approximate surface area is 170 Å². The summed E-state index contributed by atoms with van der Waals surface area (Å²) < 4.78 is 0. The van der Waals surface area contributed by atoms with Gasteiger partial charge in [0.15, 0.2) is 0 Å². The Balaban J connectivity index is 1.56. The lowest BCUT2D eigenvalue weighted by Crippen LogP contribution is -2.58. The fraction of sp³-hybridized carbons (Fsp3) is 0.958. The minimum absolute atomic E-state index is 0.0591. The van der Waals surface area contributed by atoms with Crippen LogP contribution in [0.25, 0.3) is 0 Å². The molecule has 160 valence electrons. The van der Waals surface area contributed by atoms with Crippen molar-refractivity contribution in [3.05, 3.63) is 0 Å². The van der Waals surface area contributed by atoms with E-state index in [4.69, 9.17) is 5.11 Å². The first-order valence-corrected chi connectivity index (χ1v) is 11.8. The van der Waals surface area contributed by atoms with Crippen molar-refractivity contribution in [1.82, 2.24) is 0 Å². The zero-order valence-corrected chi connectivity index (χ0v) is 17.9. The van der Waals surface area contributed by atoms with Gasteiger partial charge in [0.05, 0.1) is 12.2 Å². The Hall–Kier alpha value is -0.610. The van der Waals surface area contributed by atoms with Gasteiger partial charge in [0.1, 0.15) is 0 Å². The maximum Gasteiger partial charge on any atom is 0.303 e. The number of hydrogen-bond acceptors (Lipinski definition) is 3. The SMILES string of the molecule is C[C@H](CCC(=O)O)[C@@H]1CC[C@H]2[C@@H]3CC[C@@H]4C[C@H](O)CC[C@]4(C)[C@H]3C[C@H](O)[C@@]21C. The van der Waals surface area contributed by atoms with E-state index in [9.17, 15) is 15.0 Å². The van der Waals surface area contributed by atoms with Gasteiger partial charge in [-0.3, -0.25) is 4.79 Å². The molecule has 0 heterocycles. The molecule has 3 N–H and O–H groups in total. The molecule has 4 aliphatic carbocycles. The van der Waals surface area contributed by atoms with Gasteiger partial charge >= 0.3 is 5.97 Å². The second-order valence-corrected chi connectivity index (χ2v) is 11.3. The molecule has 0 saturated heterocycles. The van der Waals surface area contributed by atoms with Gasteiger partial charge in [-0.05, 0) is 104 Å². The number of aliphatic hydroxyl groups excluding tert-OH is 2. The average Bonchev–Trinajstić information content (AvgIpc) is 3.00. The number of carboxylic acids is 1. The Kier molecular flexibility index (Phi) is 5.36. The van der Waals surface area contributed by atoms with Crippen molar-refractivity contribution >= 4 is 5.97 Å². The molecule has 4 rings (SSSR count). The Morgan fingerprint density at radius 3 is 2.50 bits per heavy atom. The molecule has 4 aliphatic rings. The van der Waals surface area contributed by atoms with Crippen molar-refractivity contribution in [2.75, 3.05) is 0 Å². The van der Waals surface area contributed by atoms with E-state index < -0.39 is 5.97 Å². The molecule has 0 amide bonds. The van der Waals surface area contributed by atoms with Crippen molar-refractivity contribution in [3.63, 3.8) is 0 Å². The smallest absolute Gasteiger partial charge is 0.303 e. The molecule has 4 saturated carbocycles. The summed E-state index contributed by atoms with van der Waals surface area (Å²) in [6.07, 6.45) is 9.26. The monoisotopic (exact) mass is 392 g/mol. The molecular formula is C24H40O4. The summed E-state index contributed by atoms with van der Waals surface area (Å²) in [6.45, 7) is 6.99. The zero-order chi connectivity index (χ0) is 20.3. The van der Waals surface area contributed by atoms with Crippen LogP contribution < -0.4 is 0 Å². The number of carbonyl (C=O) groups is 1. The van der Waals surface area contributed by atoms with Crippen molar-refractivity contribution in [2.24, 2.45) is 46.3 Å². The second-order valence-electron chi connectivity index (χ2n) is 11.3. The minimum atomic E-state index is -0.707. The van der Waals surface area contributed by atoms with Crippen LogP contribution in [0.1, 0.15) is 85.0 Å². The van der Waals surface area contributed by atoms with Crippen LogP contribution in [0.2, 0.25) is 0 Å². The van der Waals surface area contributed by atoms with Crippen molar-refractivity contribution in [1.29, 1.82) is 0 Å². The van der Waals surface area contributed by atoms with Crippen LogP contribution in [0.3, 0.4) is 0 Å². The first kappa shape index (κ1) is 20.7. The standard InChI is InChI=1S/C24H40O4/c1-14(4-9-22(27)28)18-7-8-19-17-6-5-15-12-16(25)10-11-23(15,2)20(17)13-21(26)24(18,19)3/h14-21,25-26H,4-13H2,1-3H3,(H,27,28)/t14-,15-,16-,17+,18+,19+,20+,21+,23+,24-/m1/s1. The topological polar surface area (TPSA) is 77.8 Å². The van der Waals surface area contributed by atoms with Gasteiger partial charge < -0.3 is 15.3 Å². The van der Waals surface area contributed by atoms with Crippen LogP contribution in [-0.2, 0) is 4.79 Å². The van der Waals surface area contributed by atoms with E-state index in [0.717, 1.165) is 38.5 Å². The van der Waals surface area contributed by atoms with E-state index in [1.807, 2.05) is 0 Å². The quantitative estimate of drug-likeness (QED) is 0.659. The zero-order valence-electron chi connectivity index (χ0n) is 17.9. The summed E-state index contributed by atoms with van der Waals surface area (Å²) in [4.78, 5) is 11.1. The molecule has 0 aromatic rings. The van der Waals surface area contributed by atoms with Gasteiger partial charge in [0.25, 0.3) is 0 Å². The molecule has 0 aromatic heterocycles. The van der Waals surface area contributed by atoms with Crippen LogP contribution >= 0.6 is 0 Å². The van der Waals surface area contributed by atoms with E-state index in [-0.39, 0.29) is 29.5 Å². The number of carboxylic acid groups (broad SMARTS) is 1. The van der Waals surface area contributed by atoms with Crippen molar-refractivity contribution in [2.45, 2.75) is 97.2 Å². The highest BCUT2D eigenvalue weighted by Crippen LogP contribution is 2.68. The number of aliphatic carboxylic acids is 1. The highest BCUT2D eigenvalue weighted by Gasteiger charge is 2.63. The summed E-state index contributed by atoms with van der Waals surface area (Å²) in [5.41, 5.74) is 0.216. The molecule has 0 unspecified atom stereocenters. The maximum atomic E-state index is 11.5. The third kappa shape index (κ3) is 3.05. The molecule has 0 aromatic carbocycles. The lowest BCUT2D eigenvalue weighted by molar-refractivity contribution is -0.175. The lowest BCUT2D eigenvalue weighted by Gasteiger charge is -2.62. The number of aliphatic hydroxyl groups is 2. The van der Waals surface area contributed by atoms with E-state index >= 15 is 0 Å². The second kappa shape index (κ2) is 7.27. The van der Waals surface area contributed by atoms with Crippen LogP contribution in [0.4, 0.5) is 0 Å². The molecule has 0 bridgehead atoms. The molecule has 28 heavy (non-hydrogen) atoms. The predicted molar refractivity (Wildman–Crippen MR) is 109 cm³/mol. The minimum Gasteiger partial charge on any atom is -0.481 e. The molecule has 0 spiro atoms. The summed E-state index contributed by atoms with van der Waals surface area (Å²) >= 11 is 0. The lowest BCUT2D eigenvalue weighted by atomic mass is 9.43. The highest BCUT2D eigenvalue weighted by atomic mass is 16.4. The maximum absolute atomic E-state index is 11.5. The third-order valence-corrected chi connectivity index (χ3v) is 10.3.